The van der Waals surface area contributed by atoms with Gasteiger partial charge < -0.3 is 10.4 Å². The third-order valence-corrected chi connectivity index (χ3v) is 2.06. The van der Waals surface area contributed by atoms with Crippen molar-refractivity contribution in [1.29, 1.82) is 0 Å². The highest BCUT2D eigenvalue weighted by atomic mass is 19.3. The van der Waals surface area contributed by atoms with E-state index in [0.29, 0.717) is 19.8 Å². The lowest BCUT2D eigenvalue weighted by Crippen LogP contribution is -2.50. The smallest absolute Gasteiger partial charge is 0.254 e. The maximum Gasteiger partial charge on any atom is 0.254 e. The summed E-state index contributed by atoms with van der Waals surface area (Å²) in [4.78, 5) is 10.9. The summed E-state index contributed by atoms with van der Waals surface area (Å²) in [7, 11) is 0. The van der Waals surface area contributed by atoms with Crippen LogP contribution in [0.5, 0.6) is 0 Å². The number of hydrogen-bond donors (Lipinski definition) is 2. The maximum atomic E-state index is 12.3. The Morgan fingerprint density at radius 2 is 2.23 bits per heavy atom. The normalized spacial score (nSPS) is 28.0. The van der Waals surface area contributed by atoms with E-state index in [9.17, 15) is 13.6 Å². The first kappa shape index (κ1) is 10.4. The summed E-state index contributed by atoms with van der Waals surface area (Å²) in [6, 6.07) is -0.324. The molecule has 76 valence electrons. The van der Waals surface area contributed by atoms with E-state index >= 15 is 0 Å². The van der Waals surface area contributed by atoms with Crippen LogP contribution < -0.4 is 5.32 Å². The molecule has 1 rings (SSSR count). The molecule has 0 aromatic rings. The predicted octanol–water partition coefficient (Wildman–Crippen LogP) is 0.671. The number of nitrogens with one attached hydrogen (secondary N) is 1. The zero-order valence-corrected chi connectivity index (χ0v) is 7.39. The van der Waals surface area contributed by atoms with E-state index < -0.39 is 24.4 Å². The second-order valence-electron chi connectivity index (χ2n) is 3.57. The third kappa shape index (κ3) is 3.26. The van der Waals surface area contributed by atoms with Crippen molar-refractivity contribution >= 4 is 5.91 Å². The topological polar surface area (TPSA) is 49.3 Å². The van der Waals surface area contributed by atoms with E-state index in [0.717, 1.165) is 0 Å². The zero-order chi connectivity index (χ0) is 10.1. The standard InChI is InChI=1S/C8H13F2NO2/c1-8(9,10)4-7(13)11-5-2-3-6(5)12/h5-6,12H,2-4H2,1H3,(H,11,13)/t5-,6-/m1/s1. The first-order valence-corrected chi connectivity index (χ1v) is 4.24. The lowest BCUT2D eigenvalue weighted by molar-refractivity contribution is -0.130. The summed E-state index contributed by atoms with van der Waals surface area (Å²) < 4.78 is 24.6. The van der Waals surface area contributed by atoms with Gasteiger partial charge in [0.2, 0.25) is 5.91 Å². The molecule has 1 aliphatic carbocycles. The van der Waals surface area contributed by atoms with Gasteiger partial charge in [-0.05, 0) is 19.8 Å². The molecule has 1 saturated carbocycles. The molecule has 0 radical (unpaired) electrons. The van der Waals surface area contributed by atoms with Crippen molar-refractivity contribution in [2.75, 3.05) is 0 Å². The van der Waals surface area contributed by atoms with E-state index in [-0.39, 0.29) is 6.04 Å². The summed E-state index contributed by atoms with van der Waals surface area (Å²) in [5.41, 5.74) is 0. The quantitative estimate of drug-likeness (QED) is 0.692. The number of rotatable bonds is 3. The van der Waals surface area contributed by atoms with Crippen LogP contribution in [0.15, 0.2) is 0 Å². The Morgan fingerprint density at radius 3 is 2.54 bits per heavy atom. The van der Waals surface area contributed by atoms with Gasteiger partial charge in [0.15, 0.2) is 0 Å². The van der Waals surface area contributed by atoms with Crippen LogP contribution in [0.2, 0.25) is 0 Å². The molecule has 5 heteroatoms. The van der Waals surface area contributed by atoms with E-state index in [1.807, 2.05) is 0 Å². The number of hydrogen-bond acceptors (Lipinski definition) is 2. The van der Waals surface area contributed by atoms with Gasteiger partial charge >= 0.3 is 0 Å². The van der Waals surface area contributed by atoms with Gasteiger partial charge in [-0.3, -0.25) is 4.79 Å². The average molecular weight is 193 g/mol. The number of alkyl halides is 2. The van der Waals surface area contributed by atoms with Crippen LogP contribution in [0.4, 0.5) is 8.78 Å². The highest BCUT2D eigenvalue weighted by molar-refractivity contribution is 5.77. The molecule has 1 amide bonds. The number of carbonyl (C=O) groups is 1. The van der Waals surface area contributed by atoms with Crippen LogP contribution in [0.1, 0.15) is 26.2 Å². The maximum absolute atomic E-state index is 12.3. The van der Waals surface area contributed by atoms with Crippen molar-refractivity contribution in [2.45, 2.75) is 44.3 Å². The fourth-order valence-corrected chi connectivity index (χ4v) is 1.19. The fourth-order valence-electron chi connectivity index (χ4n) is 1.19. The molecule has 3 nitrogen and oxygen atoms in total. The van der Waals surface area contributed by atoms with Gasteiger partial charge in [-0.1, -0.05) is 0 Å². The second kappa shape index (κ2) is 3.57. The Balaban J connectivity index is 2.25. The molecule has 0 aromatic carbocycles. The minimum atomic E-state index is -2.97. The van der Waals surface area contributed by atoms with Crippen molar-refractivity contribution in [1.82, 2.24) is 5.32 Å². The number of amides is 1. The highest BCUT2D eigenvalue weighted by Crippen LogP contribution is 2.21. The van der Waals surface area contributed by atoms with Crippen molar-refractivity contribution in [3.8, 4) is 0 Å². The van der Waals surface area contributed by atoms with Crippen LogP contribution in [0.25, 0.3) is 0 Å². The summed E-state index contributed by atoms with van der Waals surface area (Å²) in [5, 5.41) is 11.4. The molecular weight excluding hydrogens is 180 g/mol. The molecule has 2 N–H and O–H groups in total. The van der Waals surface area contributed by atoms with Crippen molar-refractivity contribution in [3.05, 3.63) is 0 Å². The first-order chi connectivity index (χ1) is 5.88. The minimum absolute atomic E-state index is 0.324. The molecule has 0 heterocycles. The van der Waals surface area contributed by atoms with Crippen molar-refractivity contribution < 1.29 is 18.7 Å². The predicted molar refractivity (Wildman–Crippen MR) is 42.4 cm³/mol. The Morgan fingerprint density at radius 1 is 1.62 bits per heavy atom. The molecule has 0 saturated heterocycles. The molecule has 0 unspecified atom stereocenters. The summed E-state index contributed by atoms with van der Waals surface area (Å²) >= 11 is 0. The SMILES string of the molecule is CC(F)(F)CC(=O)N[C@@H]1CC[C@H]1O. The highest BCUT2D eigenvalue weighted by Gasteiger charge is 2.32. The van der Waals surface area contributed by atoms with Crippen LogP contribution in [0.3, 0.4) is 0 Å². The van der Waals surface area contributed by atoms with E-state index in [2.05, 4.69) is 5.32 Å². The second-order valence-corrected chi connectivity index (χ2v) is 3.57. The van der Waals surface area contributed by atoms with Crippen molar-refractivity contribution in [3.63, 3.8) is 0 Å². The molecule has 2 atom stereocenters. The Hall–Kier alpha value is -0.710. The zero-order valence-electron chi connectivity index (χ0n) is 7.39. The Labute approximate surface area is 75.1 Å². The van der Waals surface area contributed by atoms with Crippen LogP contribution >= 0.6 is 0 Å². The van der Waals surface area contributed by atoms with Gasteiger partial charge in [0.05, 0.1) is 18.6 Å². The molecule has 1 aliphatic rings. The van der Waals surface area contributed by atoms with Gasteiger partial charge in [-0.2, -0.15) is 0 Å². The van der Waals surface area contributed by atoms with Gasteiger partial charge in [0.1, 0.15) is 0 Å². The molecule has 0 aliphatic heterocycles. The molecular formula is C8H13F2NO2. The van der Waals surface area contributed by atoms with E-state index in [4.69, 9.17) is 5.11 Å². The van der Waals surface area contributed by atoms with Gasteiger partial charge in [-0.25, -0.2) is 8.78 Å². The van der Waals surface area contributed by atoms with Gasteiger partial charge in [0.25, 0.3) is 5.92 Å². The average Bonchev–Trinajstić information content (AvgIpc) is 1.94. The lowest BCUT2D eigenvalue weighted by Gasteiger charge is -2.33. The number of carbonyl (C=O) groups excluding carboxylic acids is 1. The third-order valence-electron chi connectivity index (χ3n) is 2.06. The number of halogens is 2. The molecule has 0 spiro atoms. The van der Waals surface area contributed by atoms with E-state index in [1.54, 1.807) is 0 Å². The van der Waals surface area contributed by atoms with Gasteiger partial charge in [-0.15, -0.1) is 0 Å². The molecule has 13 heavy (non-hydrogen) atoms. The molecule has 0 bridgehead atoms. The molecule has 0 aromatic heterocycles. The minimum Gasteiger partial charge on any atom is -0.391 e. The number of aliphatic hydroxyl groups is 1. The molecule has 1 fully saturated rings. The summed E-state index contributed by atoms with van der Waals surface area (Å²) in [5.74, 6) is -3.67. The largest absolute Gasteiger partial charge is 0.391 e. The summed E-state index contributed by atoms with van der Waals surface area (Å²) in [6.07, 6.45) is -0.0688. The van der Waals surface area contributed by atoms with Crippen LogP contribution in [-0.4, -0.2) is 29.1 Å². The van der Waals surface area contributed by atoms with Crippen LogP contribution in [0, 0.1) is 0 Å². The Bertz CT molecular complexity index is 203. The lowest BCUT2D eigenvalue weighted by atomic mass is 9.89. The van der Waals surface area contributed by atoms with Crippen molar-refractivity contribution in [2.24, 2.45) is 0 Å². The van der Waals surface area contributed by atoms with Crippen LogP contribution in [-0.2, 0) is 4.79 Å². The first-order valence-electron chi connectivity index (χ1n) is 4.24. The van der Waals surface area contributed by atoms with Gasteiger partial charge in [0, 0.05) is 0 Å². The fraction of sp³-hybridized carbons (Fsp3) is 0.875. The van der Waals surface area contributed by atoms with E-state index in [1.165, 1.54) is 0 Å². The summed E-state index contributed by atoms with van der Waals surface area (Å²) in [6.45, 7) is 0.698. The monoisotopic (exact) mass is 193 g/mol. The number of aliphatic hydroxyl groups excluding tert-OH is 1. The Kier molecular flexibility index (Phi) is 2.85.